The van der Waals surface area contributed by atoms with Crippen LogP contribution in [0.15, 0.2) is 48.5 Å². The number of anilines is 1. The fourth-order valence-electron chi connectivity index (χ4n) is 1.96. The average molecular weight is 318 g/mol. The lowest BCUT2D eigenvalue weighted by atomic mass is 10.1. The first-order valence-corrected chi connectivity index (χ1v) is 7.52. The molecular formula is C17H20ClN3O. The lowest BCUT2D eigenvalue weighted by Crippen LogP contribution is -2.38. The van der Waals surface area contributed by atoms with Crippen molar-refractivity contribution in [2.75, 3.05) is 5.32 Å². The minimum absolute atomic E-state index is 0.333. The third-order valence-electron chi connectivity index (χ3n) is 3.38. The van der Waals surface area contributed by atoms with Crippen molar-refractivity contribution in [3.63, 3.8) is 0 Å². The van der Waals surface area contributed by atoms with Crippen molar-refractivity contribution >= 4 is 23.2 Å². The molecule has 2 aromatic carbocycles. The summed E-state index contributed by atoms with van der Waals surface area (Å²) in [6.45, 7) is 3.08. The highest BCUT2D eigenvalue weighted by Gasteiger charge is 2.06. The van der Waals surface area contributed by atoms with Gasteiger partial charge in [0.05, 0.1) is 6.04 Å². The Labute approximate surface area is 135 Å². The monoisotopic (exact) mass is 317 g/mol. The Morgan fingerprint density at radius 1 is 1.14 bits per heavy atom. The maximum Gasteiger partial charge on any atom is 0.234 e. The predicted molar refractivity (Wildman–Crippen MR) is 90.7 cm³/mol. The van der Waals surface area contributed by atoms with E-state index in [1.807, 2.05) is 48.5 Å². The lowest BCUT2D eigenvalue weighted by molar-refractivity contribution is -0.119. The van der Waals surface area contributed by atoms with Gasteiger partial charge in [0.15, 0.2) is 0 Å². The summed E-state index contributed by atoms with van der Waals surface area (Å²) in [6.07, 6.45) is 0. The highest BCUT2D eigenvalue weighted by molar-refractivity contribution is 6.30. The van der Waals surface area contributed by atoms with Crippen LogP contribution < -0.4 is 16.4 Å². The molecule has 0 spiro atoms. The summed E-state index contributed by atoms with van der Waals surface area (Å²) in [5, 5.41) is 7.16. The van der Waals surface area contributed by atoms with Crippen molar-refractivity contribution in [3.8, 4) is 0 Å². The fraction of sp³-hybridized carbons (Fsp3) is 0.235. The van der Waals surface area contributed by atoms with E-state index in [0.29, 0.717) is 6.54 Å². The molecule has 1 atom stereocenters. The molecule has 4 N–H and O–H groups in total. The third-order valence-corrected chi connectivity index (χ3v) is 3.61. The molecule has 0 radical (unpaired) electrons. The highest BCUT2D eigenvalue weighted by atomic mass is 35.5. The normalized spacial score (nSPS) is 11.9. The molecule has 0 aliphatic heterocycles. The molecule has 0 fully saturated rings. The number of rotatable bonds is 7. The van der Waals surface area contributed by atoms with Crippen LogP contribution in [-0.4, -0.2) is 11.9 Å². The van der Waals surface area contributed by atoms with E-state index in [1.54, 1.807) is 6.92 Å². The molecule has 5 heteroatoms. The molecular weight excluding hydrogens is 298 g/mol. The van der Waals surface area contributed by atoms with Crippen molar-refractivity contribution in [2.24, 2.45) is 5.73 Å². The number of hydrogen-bond acceptors (Lipinski definition) is 3. The first kappa shape index (κ1) is 16.3. The van der Waals surface area contributed by atoms with E-state index in [-0.39, 0.29) is 11.9 Å². The van der Waals surface area contributed by atoms with Gasteiger partial charge < -0.3 is 16.4 Å². The first-order chi connectivity index (χ1) is 10.5. The molecule has 0 aliphatic rings. The van der Waals surface area contributed by atoms with Crippen molar-refractivity contribution in [3.05, 3.63) is 64.7 Å². The summed E-state index contributed by atoms with van der Waals surface area (Å²) in [6, 6.07) is 15.5. The Hall–Kier alpha value is -2.04. The van der Waals surface area contributed by atoms with Crippen molar-refractivity contribution < 1.29 is 4.79 Å². The fourth-order valence-corrected chi connectivity index (χ4v) is 2.18. The van der Waals surface area contributed by atoms with E-state index < -0.39 is 0 Å². The van der Waals surface area contributed by atoms with Crippen LogP contribution in [0.4, 0.5) is 5.69 Å². The lowest BCUT2D eigenvalue weighted by Gasteiger charge is -2.11. The van der Waals surface area contributed by atoms with Crippen LogP contribution in [0, 0.1) is 0 Å². The summed E-state index contributed by atoms with van der Waals surface area (Å²) < 4.78 is 0. The number of halogens is 1. The number of benzene rings is 2. The quantitative estimate of drug-likeness (QED) is 0.735. The Balaban J connectivity index is 1.85. The maximum absolute atomic E-state index is 11.0. The molecule has 2 rings (SSSR count). The van der Waals surface area contributed by atoms with Gasteiger partial charge in [-0.1, -0.05) is 35.9 Å². The van der Waals surface area contributed by atoms with Crippen LogP contribution in [0.2, 0.25) is 5.02 Å². The number of nitrogens with two attached hydrogens (primary N) is 1. The average Bonchev–Trinajstić information content (AvgIpc) is 2.51. The summed E-state index contributed by atoms with van der Waals surface area (Å²) in [7, 11) is 0. The van der Waals surface area contributed by atoms with Crippen molar-refractivity contribution in [1.29, 1.82) is 0 Å². The molecule has 22 heavy (non-hydrogen) atoms. The second-order valence-electron chi connectivity index (χ2n) is 5.19. The molecule has 0 bridgehead atoms. The SMILES string of the molecule is CC(NCc1ccc(NCc2cccc(Cl)c2)cc1)C(N)=O. The number of nitrogens with one attached hydrogen (secondary N) is 2. The van der Waals surface area contributed by atoms with E-state index in [2.05, 4.69) is 10.6 Å². The number of carbonyl (C=O) groups excluding carboxylic acids is 1. The third kappa shape index (κ3) is 5.06. The van der Waals surface area contributed by atoms with E-state index in [1.165, 1.54) is 0 Å². The molecule has 1 amide bonds. The molecule has 0 aromatic heterocycles. The standard InChI is InChI=1S/C17H20ClN3O/c1-12(17(19)22)20-10-13-5-7-16(8-6-13)21-11-14-3-2-4-15(18)9-14/h2-9,12,20-21H,10-11H2,1H3,(H2,19,22). The molecule has 4 nitrogen and oxygen atoms in total. The van der Waals surface area contributed by atoms with Gasteiger partial charge in [-0.3, -0.25) is 4.79 Å². The second kappa shape index (κ2) is 7.82. The maximum atomic E-state index is 11.0. The number of primary amides is 1. The van der Waals surface area contributed by atoms with Gasteiger partial charge in [-0.25, -0.2) is 0 Å². The summed E-state index contributed by atoms with van der Waals surface area (Å²) in [4.78, 5) is 11.0. The zero-order chi connectivity index (χ0) is 15.9. The van der Waals surface area contributed by atoms with Gasteiger partial charge in [0.1, 0.15) is 0 Å². The van der Waals surface area contributed by atoms with Gasteiger partial charge in [0.2, 0.25) is 5.91 Å². The van der Waals surface area contributed by atoms with Gasteiger partial charge in [0.25, 0.3) is 0 Å². The number of amides is 1. The molecule has 2 aromatic rings. The van der Waals surface area contributed by atoms with Crippen LogP contribution in [0.3, 0.4) is 0 Å². The van der Waals surface area contributed by atoms with E-state index >= 15 is 0 Å². The van der Waals surface area contributed by atoms with Crippen LogP contribution >= 0.6 is 11.6 Å². The molecule has 0 saturated carbocycles. The van der Waals surface area contributed by atoms with Crippen molar-refractivity contribution in [1.82, 2.24) is 5.32 Å². The zero-order valence-corrected chi connectivity index (χ0v) is 13.2. The smallest absolute Gasteiger partial charge is 0.234 e. The summed E-state index contributed by atoms with van der Waals surface area (Å²) >= 11 is 5.96. The van der Waals surface area contributed by atoms with Crippen LogP contribution in [0.5, 0.6) is 0 Å². The van der Waals surface area contributed by atoms with Crippen molar-refractivity contribution in [2.45, 2.75) is 26.1 Å². The zero-order valence-electron chi connectivity index (χ0n) is 12.5. The van der Waals surface area contributed by atoms with E-state index in [0.717, 1.165) is 28.4 Å². The summed E-state index contributed by atoms with van der Waals surface area (Å²) in [5.74, 6) is -0.347. The molecule has 0 heterocycles. The van der Waals surface area contributed by atoms with Gasteiger partial charge in [-0.05, 0) is 42.3 Å². The van der Waals surface area contributed by atoms with E-state index in [4.69, 9.17) is 17.3 Å². The Morgan fingerprint density at radius 2 is 1.86 bits per heavy atom. The Kier molecular flexibility index (Phi) is 5.81. The number of carbonyl (C=O) groups is 1. The first-order valence-electron chi connectivity index (χ1n) is 7.14. The molecule has 0 saturated heterocycles. The molecule has 116 valence electrons. The number of hydrogen-bond donors (Lipinski definition) is 3. The largest absolute Gasteiger partial charge is 0.381 e. The van der Waals surface area contributed by atoms with E-state index in [9.17, 15) is 4.79 Å². The Bertz CT molecular complexity index is 628. The predicted octanol–water partition coefficient (Wildman–Crippen LogP) is 2.92. The minimum Gasteiger partial charge on any atom is -0.381 e. The van der Waals surface area contributed by atoms with Gasteiger partial charge in [0, 0.05) is 23.8 Å². The highest BCUT2D eigenvalue weighted by Crippen LogP contribution is 2.14. The minimum atomic E-state index is -0.347. The van der Waals surface area contributed by atoms with Crippen LogP contribution in [0.1, 0.15) is 18.1 Å². The molecule has 1 unspecified atom stereocenters. The topological polar surface area (TPSA) is 67.2 Å². The molecule has 0 aliphatic carbocycles. The van der Waals surface area contributed by atoms with Gasteiger partial charge >= 0.3 is 0 Å². The Morgan fingerprint density at radius 3 is 2.50 bits per heavy atom. The second-order valence-corrected chi connectivity index (χ2v) is 5.62. The summed E-state index contributed by atoms with van der Waals surface area (Å²) in [5.41, 5.74) is 8.47. The van der Waals surface area contributed by atoms with Crippen LogP contribution in [0.25, 0.3) is 0 Å². The van der Waals surface area contributed by atoms with Gasteiger partial charge in [-0.15, -0.1) is 0 Å². The van der Waals surface area contributed by atoms with Crippen LogP contribution in [-0.2, 0) is 17.9 Å². The van der Waals surface area contributed by atoms with Gasteiger partial charge in [-0.2, -0.15) is 0 Å².